The third kappa shape index (κ3) is 3.27. The zero-order valence-electron chi connectivity index (χ0n) is 10.6. The van der Waals surface area contributed by atoms with Crippen molar-refractivity contribution in [2.75, 3.05) is 0 Å². The maximum Gasteiger partial charge on any atom is 0.126 e. The molecule has 2 rings (SSSR count). The van der Waals surface area contributed by atoms with E-state index in [0.717, 1.165) is 6.07 Å². The molecule has 2 nitrogen and oxygen atoms in total. The zero-order valence-corrected chi connectivity index (χ0v) is 10.6. The van der Waals surface area contributed by atoms with Crippen LogP contribution in [0.4, 0.5) is 8.78 Å². The third-order valence-electron chi connectivity index (χ3n) is 3.25. The molecule has 0 aliphatic carbocycles. The van der Waals surface area contributed by atoms with E-state index in [1.54, 1.807) is 0 Å². The van der Waals surface area contributed by atoms with Crippen LogP contribution in [0.2, 0.25) is 0 Å². The van der Waals surface area contributed by atoms with Crippen LogP contribution in [0.5, 0.6) is 0 Å². The highest BCUT2D eigenvalue weighted by Gasteiger charge is 2.36. The van der Waals surface area contributed by atoms with E-state index in [2.05, 4.69) is 0 Å². The van der Waals surface area contributed by atoms with E-state index in [-0.39, 0.29) is 18.6 Å². The van der Waals surface area contributed by atoms with Crippen molar-refractivity contribution in [2.24, 2.45) is 0 Å². The van der Waals surface area contributed by atoms with E-state index in [9.17, 15) is 13.9 Å². The lowest BCUT2D eigenvalue weighted by Crippen LogP contribution is -2.44. The zero-order chi connectivity index (χ0) is 13.3. The van der Waals surface area contributed by atoms with Crippen molar-refractivity contribution in [3.05, 3.63) is 35.4 Å². The SMILES string of the molecule is CC1CC(O)(Cc2cc(F)cc(F)c2)CC(C)O1. The highest BCUT2D eigenvalue weighted by atomic mass is 19.1. The van der Waals surface area contributed by atoms with Gasteiger partial charge in [-0.3, -0.25) is 0 Å². The van der Waals surface area contributed by atoms with Crippen molar-refractivity contribution in [3.63, 3.8) is 0 Å². The Morgan fingerprint density at radius 2 is 1.67 bits per heavy atom. The Labute approximate surface area is 106 Å². The maximum atomic E-state index is 13.1. The van der Waals surface area contributed by atoms with E-state index in [0.29, 0.717) is 18.4 Å². The fourth-order valence-corrected chi connectivity index (χ4v) is 2.88. The van der Waals surface area contributed by atoms with Gasteiger partial charge in [-0.05, 0) is 31.5 Å². The first-order chi connectivity index (χ1) is 8.36. The van der Waals surface area contributed by atoms with Crippen LogP contribution in [-0.2, 0) is 11.2 Å². The van der Waals surface area contributed by atoms with Gasteiger partial charge in [-0.2, -0.15) is 0 Å². The molecule has 4 heteroatoms. The highest BCUT2D eigenvalue weighted by Crippen LogP contribution is 2.32. The van der Waals surface area contributed by atoms with Gasteiger partial charge in [-0.25, -0.2) is 8.78 Å². The summed E-state index contributed by atoms with van der Waals surface area (Å²) in [6, 6.07) is 3.38. The minimum Gasteiger partial charge on any atom is -0.389 e. The monoisotopic (exact) mass is 256 g/mol. The number of hydrogen-bond acceptors (Lipinski definition) is 2. The molecule has 100 valence electrons. The molecule has 0 bridgehead atoms. The van der Waals surface area contributed by atoms with Crippen LogP contribution in [0.1, 0.15) is 32.3 Å². The van der Waals surface area contributed by atoms with Crippen molar-refractivity contribution in [1.29, 1.82) is 0 Å². The highest BCUT2D eigenvalue weighted by molar-refractivity contribution is 5.20. The van der Waals surface area contributed by atoms with Gasteiger partial charge in [0.2, 0.25) is 0 Å². The van der Waals surface area contributed by atoms with E-state index >= 15 is 0 Å². The first-order valence-electron chi connectivity index (χ1n) is 6.19. The summed E-state index contributed by atoms with van der Waals surface area (Å²) in [6.07, 6.45) is 1.12. The Hall–Kier alpha value is -1.00. The average molecular weight is 256 g/mol. The molecule has 1 aromatic carbocycles. The summed E-state index contributed by atoms with van der Waals surface area (Å²) in [5, 5.41) is 10.5. The topological polar surface area (TPSA) is 29.5 Å². The lowest BCUT2D eigenvalue weighted by atomic mass is 9.82. The number of aliphatic hydroxyl groups is 1. The molecular formula is C14H18F2O2. The first-order valence-corrected chi connectivity index (χ1v) is 6.19. The molecule has 1 N–H and O–H groups in total. The second kappa shape index (κ2) is 4.94. The van der Waals surface area contributed by atoms with Crippen molar-refractivity contribution < 1.29 is 18.6 Å². The smallest absolute Gasteiger partial charge is 0.126 e. The minimum atomic E-state index is -0.947. The van der Waals surface area contributed by atoms with Crippen LogP contribution >= 0.6 is 0 Å². The summed E-state index contributed by atoms with van der Waals surface area (Å²) >= 11 is 0. The maximum absolute atomic E-state index is 13.1. The number of ether oxygens (including phenoxy) is 1. The molecule has 2 atom stereocenters. The van der Waals surface area contributed by atoms with Gasteiger partial charge >= 0.3 is 0 Å². The molecule has 1 saturated heterocycles. The van der Waals surface area contributed by atoms with Gasteiger partial charge in [0.25, 0.3) is 0 Å². The van der Waals surface area contributed by atoms with Crippen molar-refractivity contribution in [1.82, 2.24) is 0 Å². The van der Waals surface area contributed by atoms with Gasteiger partial charge in [0, 0.05) is 25.3 Å². The second-order valence-corrected chi connectivity index (χ2v) is 5.34. The first kappa shape index (κ1) is 13.4. The molecule has 0 aromatic heterocycles. The Kier molecular flexibility index (Phi) is 3.69. The van der Waals surface area contributed by atoms with E-state index in [1.165, 1.54) is 12.1 Å². The van der Waals surface area contributed by atoms with Crippen LogP contribution in [-0.4, -0.2) is 22.9 Å². The molecule has 18 heavy (non-hydrogen) atoms. The van der Waals surface area contributed by atoms with Gasteiger partial charge in [-0.1, -0.05) is 0 Å². The molecule has 1 aliphatic heterocycles. The molecule has 0 amide bonds. The summed E-state index contributed by atoms with van der Waals surface area (Å²) in [5.41, 5.74) is -0.464. The van der Waals surface area contributed by atoms with Crippen LogP contribution in [0.25, 0.3) is 0 Å². The lowest BCUT2D eigenvalue weighted by molar-refractivity contribution is -0.130. The Morgan fingerprint density at radius 1 is 1.17 bits per heavy atom. The standard InChI is InChI=1S/C14H18F2O2/c1-9-6-14(17,7-10(2)18-9)8-11-3-12(15)5-13(16)4-11/h3-5,9-10,17H,6-8H2,1-2H3. The molecule has 1 aliphatic rings. The second-order valence-electron chi connectivity index (χ2n) is 5.34. The summed E-state index contributed by atoms with van der Waals surface area (Å²) in [7, 11) is 0. The van der Waals surface area contributed by atoms with Crippen molar-refractivity contribution in [2.45, 2.75) is 50.9 Å². The predicted molar refractivity (Wildman–Crippen MR) is 64.3 cm³/mol. The predicted octanol–water partition coefficient (Wildman–Crippen LogP) is 2.83. The van der Waals surface area contributed by atoms with Crippen LogP contribution in [0, 0.1) is 11.6 Å². The number of rotatable bonds is 2. The largest absolute Gasteiger partial charge is 0.389 e. The average Bonchev–Trinajstić information content (AvgIpc) is 2.10. The van der Waals surface area contributed by atoms with Gasteiger partial charge in [-0.15, -0.1) is 0 Å². The third-order valence-corrected chi connectivity index (χ3v) is 3.25. The number of hydrogen-bond donors (Lipinski definition) is 1. The van der Waals surface area contributed by atoms with Crippen molar-refractivity contribution in [3.8, 4) is 0 Å². The minimum absolute atomic E-state index is 0.0443. The quantitative estimate of drug-likeness (QED) is 0.881. The van der Waals surface area contributed by atoms with E-state index in [4.69, 9.17) is 4.74 Å². The Bertz CT molecular complexity index is 404. The Balaban J connectivity index is 2.16. The summed E-state index contributed by atoms with van der Waals surface area (Å²) in [6.45, 7) is 3.79. The van der Waals surface area contributed by atoms with Gasteiger partial charge in [0.15, 0.2) is 0 Å². The fourth-order valence-electron chi connectivity index (χ4n) is 2.88. The molecule has 0 saturated carbocycles. The summed E-state index contributed by atoms with van der Waals surface area (Å²) < 4.78 is 31.8. The molecule has 1 fully saturated rings. The van der Waals surface area contributed by atoms with Crippen molar-refractivity contribution >= 4 is 0 Å². The summed E-state index contributed by atoms with van der Waals surface area (Å²) in [5.74, 6) is -1.22. The molecule has 1 aromatic rings. The van der Waals surface area contributed by atoms with Gasteiger partial charge in [0.1, 0.15) is 11.6 Å². The van der Waals surface area contributed by atoms with Crippen LogP contribution < -0.4 is 0 Å². The molecule has 0 spiro atoms. The molecule has 1 heterocycles. The van der Waals surface area contributed by atoms with Gasteiger partial charge in [0.05, 0.1) is 17.8 Å². The fraction of sp³-hybridized carbons (Fsp3) is 0.571. The van der Waals surface area contributed by atoms with E-state index in [1.807, 2.05) is 13.8 Å². The molecule has 0 radical (unpaired) electrons. The number of benzene rings is 1. The normalized spacial score (nSPS) is 32.5. The van der Waals surface area contributed by atoms with E-state index < -0.39 is 17.2 Å². The van der Waals surface area contributed by atoms with Gasteiger partial charge < -0.3 is 9.84 Å². The molecule has 2 unspecified atom stereocenters. The lowest BCUT2D eigenvalue weighted by Gasteiger charge is -2.39. The Morgan fingerprint density at radius 3 is 2.17 bits per heavy atom. The number of halogens is 2. The molecular weight excluding hydrogens is 238 g/mol. The van der Waals surface area contributed by atoms with Crippen LogP contribution in [0.15, 0.2) is 18.2 Å². The van der Waals surface area contributed by atoms with Crippen LogP contribution in [0.3, 0.4) is 0 Å². The summed E-state index contributed by atoms with van der Waals surface area (Å²) in [4.78, 5) is 0.